The number of amides is 1. The molecule has 0 atom stereocenters. The van der Waals surface area contributed by atoms with Gasteiger partial charge in [-0.05, 0) is 62.4 Å². The molecule has 2 rings (SSSR count). The Kier molecular flexibility index (Phi) is 4.75. The first-order valence-electron chi connectivity index (χ1n) is 7.19. The summed E-state index contributed by atoms with van der Waals surface area (Å²) in [6, 6.07) is 6.99. The first kappa shape index (κ1) is 15.9. The van der Waals surface area contributed by atoms with Gasteiger partial charge in [-0.1, -0.05) is 0 Å². The van der Waals surface area contributed by atoms with Crippen LogP contribution in [0.25, 0.3) is 0 Å². The molecule has 1 aromatic carbocycles. The van der Waals surface area contributed by atoms with E-state index >= 15 is 0 Å². The van der Waals surface area contributed by atoms with E-state index in [0.717, 1.165) is 0 Å². The third-order valence-electron chi connectivity index (χ3n) is 2.88. The molecule has 0 saturated heterocycles. The minimum absolute atomic E-state index is 0.103. The highest BCUT2D eigenvalue weighted by atomic mass is 16.5. The molecule has 0 aliphatic carbocycles. The highest BCUT2D eigenvalue weighted by Crippen LogP contribution is 2.14. The number of aromatic nitrogens is 4. The van der Waals surface area contributed by atoms with Gasteiger partial charge in [-0.25, -0.2) is 4.68 Å². The molecule has 0 aliphatic heterocycles. The molecule has 7 nitrogen and oxygen atoms in total. The van der Waals surface area contributed by atoms with E-state index in [2.05, 4.69) is 20.8 Å². The zero-order chi connectivity index (χ0) is 16.2. The lowest BCUT2D eigenvalue weighted by atomic mass is 10.1. The van der Waals surface area contributed by atoms with Crippen molar-refractivity contribution in [3.63, 3.8) is 0 Å². The lowest BCUT2D eigenvalue weighted by molar-refractivity contribution is 0.0919. The third kappa shape index (κ3) is 4.28. The number of benzene rings is 1. The standard InChI is InChI=1S/C15H21N5O2/c1-5-20-13(17-18-19-20)10-22-12-8-6-11(7-9-12)14(21)16-15(2,3)4/h6-9H,5,10H2,1-4H3,(H,16,21). The molecule has 1 amide bonds. The Balaban J connectivity index is 1.96. The highest BCUT2D eigenvalue weighted by molar-refractivity contribution is 5.94. The van der Waals surface area contributed by atoms with Crippen LogP contribution in [0.15, 0.2) is 24.3 Å². The lowest BCUT2D eigenvalue weighted by Crippen LogP contribution is -2.40. The maximum Gasteiger partial charge on any atom is 0.251 e. The predicted octanol–water partition coefficient (Wildman–Crippen LogP) is 1.80. The molecule has 0 radical (unpaired) electrons. The van der Waals surface area contributed by atoms with Gasteiger partial charge in [0.2, 0.25) is 0 Å². The number of carbonyl (C=O) groups excluding carboxylic acids is 1. The van der Waals surface area contributed by atoms with Crippen LogP contribution in [-0.4, -0.2) is 31.7 Å². The average Bonchev–Trinajstić information content (AvgIpc) is 2.91. The number of ether oxygens (including phenoxy) is 1. The molecule has 0 aliphatic rings. The molecule has 22 heavy (non-hydrogen) atoms. The average molecular weight is 303 g/mol. The zero-order valence-electron chi connectivity index (χ0n) is 13.3. The molecule has 118 valence electrons. The van der Waals surface area contributed by atoms with Gasteiger partial charge in [0.1, 0.15) is 12.4 Å². The van der Waals surface area contributed by atoms with Crippen molar-refractivity contribution >= 4 is 5.91 Å². The largest absolute Gasteiger partial charge is 0.486 e. The molecular weight excluding hydrogens is 282 g/mol. The summed E-state index contributed by atoms with van der Waals surface area (Å²) in [5.41, 5.74) is 0.337. The van der Waals surface area contributed by atoms with Crippen LogP contribution in [0.5, 0.6) is 5.75 Å². The van der Waals surface area contributed by atoms with Gasteiger partial charge in [-0.2, -0.15) is 0 Å². The van der Waals surface area contributed by atoms with E-state index < -0.39 is 0 Å². The molecule has 1 heterocycles. The summed E-state index contributed by atoms with van der Waals surface area (Å²) in [7, 11) is 0. The SMILES string of the molecule is CCn1nnnc1COc1ccc(C(=O)NC(C)(C)C)cc1. The van der Waals surface area contributed by atoms with Crippen molar-refractivity contribution in [1.29, 1.82) is 0 Å². The lowest BCUT2D eigenvalue weighted by Gasteiger charge is -2.20. The van der Waals surface area contributed by atoms with Crippen LogP contribution in [0.3, 0.4) is 0 Å². The fourth-order valence-corrected chi connectivity index (χ4v) is 1.84. The summed E-state index contributed by atoms with van der Waals surface area (Å²) in [5, 5.41) is 14.3. The maximum absolute atomic E-state index is 12.0. The van der Waals surface area contributed by atoms with Crippen molar-refractivity contribution in [3.05, 3.63) is 35.7 Å². The molecule has 0 spiro atoms. The number of aryl methyl sites for hydroxylation is 1. The quantitative estimate of drug-likeness (QED) is 0.910. The molecule has 2 aromatic rings. The van der Waals surface area contributed by atoms with Gasteiger partial charge < -0.3 is 10.1 Å². The summed E-state index contributed by atoms with van der Waals surface area (Å²) >= 11 is 0. The van der Waals surface area contributed by atoms with Crippen LogP contribution >= 0.6 is 0 Å². The van der Waals surface area contributed by atoms with Gasteiger partial charge >= 0.3 is 0 Å². The van der Waals surface area contributed by atoms with Crippen LogP contribution in [0, 0.1) is 0 Å². The Labute approximate surface area is 129 Å². The second kappa shape index (κ2) is 6.55. The van der Waals surface area contributed by atoms with Crippen molar-refractivity contribution in [2.24, 2.45) is 0 Å². The fourth-order valence-electron chi connectivity index (χ4n) is 1.84. The van der Waals surface area contributed by atoms with Gasteiger partial charge in [0.25, 0.3) is 5.91 Å². The second-order valence-electron chi connectivity index (χ2n) is 5.93. The summed E-state index contributed by atoms with van der Waals surface area (Å²) < 4.78 is 7.31. The summed E-state index contributed by atoms with van der Waals surface area (Å²) in [5.74, 6) is 1.23. The van der Waals surface area contributed by atoms with Gasteiger partial charge in [0.05, 0.1) is 0 Å². The topological polar surface area (TPSA) is 81.9 Å². The van der Waals surface area contributed by atoms with Crippen LogP contribution in [0.4, 0.5) is 0 Å². The van der Waals surface area contributed by atoms with Crippen molar-refractivity contribution < 1.29 is 9.53 Å². The second-order valence-corrected chi connectivity index (χ2v) is 5.93. The first-order chi connectivity index (χ1) is 10.4. The molecule has 1 N–H and O–H groups in total. The number of hydrogen-bond donors (Lipinski definition) is 1. The van der Waals surface area contributed by atoms with E-state index in [4.69, 9.17) is 4.74 Å². The van der Waals surface area contributed by atoms with E-state index in [0.29, 0.717) is 23.7 Å². The molecule has 0 bridgehead atoms. The van der Waals surface area contributed by atoms with Crippen molar-refractivity contribution in [3.8, 4) is 5.75 Å². The molecule has 7 heteroatoms. The van der Waals surface area contributed by atoms with Gasteiger partial charge in [0, 0.05) is 17.6 Å². The minimum Gasteiger partial charge on any atom is -0.486 e. The van der Waals surface area contributed by atoms with Crippen LogP contribution in [-0.2, 0) is 13.2 Å². The number of carbonyl (C=O) groups is 1. The first-order valence-corrected chi connectivity index (χ1v) is 7.19. The van der Waals surface area contributed by atoms with Gasteiger partial charge in [0.15, 0.2) is 5.82 Å². The van der Waals surface area contributed by atoms with E-state index in [1.807, 2.05) is 27.7 Å². The molecule has 0 fully saturated rings. The van der Waals surface area contributed by atoms with Gasteiger partial charge in [-0.15, -0.1) is 5.10 Å². The van der Waals surface area contributed by atoms with E-state index in [1.165, 1.54) is 0 Å². The Morgan fingerprint density at radius 3 is 2.55 bits per heavy atom. The zero-order valence-corrected chi connectivity index (χ0v) is 13.3. The normalized spacial score (nSPS) is 11.3. The maximum atomic E-state index is 12.0. The Morgan fingerprint density at radius 2 is 1.95 bits per heavy atom. The number of nitrogens with zero attached hydrogens (tertiary/aromatic N) is 4. The highest BCUT2D eigenvalue weighted by Gasteiger charge is 2.15. The molecular formula is C15H21N5O2. The number of hydrogen-bond acceptors (Lipinski definition) is 5. The Morgan fingerprint density at radius 1 is 1.27 bits per heavy atom. The van der Waals surface area contributed by atoms with E-state index in [-0.39, 0.29) is 18.1 Å². The third-order valence-corrected chi connectivity index (χ3v) is 2.88. The predicted molar refractivity (Wildman–Crippen MR) is 81.5 cm³/mol. The van der Waals surface area contributed by atoms with Crippen molar-refractivity contribution in [1.82, 2.24) is 25.5 Å². The molecule has 1 aromatic heterocycles. The number of nitrogens with one attached hydrogen (secondary N) is 1. The fraction of sp³-hybridized carbons (Fsp3) is 0.467. The van der Waals surface area contributed by atoms with Crippen LogP contribution in [0.1, 0.15) is 43.9 Å². The molecule has 0 saturated carbocycles. The van der Waals surface area contributed by atoms with Crippen LogP contribution in [0.2, 0.25) is 0 Å². The summed E-state index contributed by atoms with van der Waals surface area (Å²) in [4.78, 5) is 12.0. The summed E-state index contributed by atoms with van der Waals surface area (Å²) in [6.07, 6.45) is 0. The Hall–Kier alpha value is -2.44. The Bertz CT molecular complexity index is 628. The van der Waals surface area contributed by atoms with E-state index in [1.54, 1.807) is 28.9 Å². The monoisotopic (exact) mass is 303 g/mol. The number of tetrazole rings is 1. The van der Waals surface area contributed by atoms with E-state index in [9.17, 15) is 4.79 Å². The van der Waals surface area contributed by atoms with Crippen molar-refractivity contribution in [2.75, 3.05) is 0 Å². The van der Waals surface area contributed by atoms with Gasteiger partial charge in [-0.3, -0.25) is 4.79 Å². The minimum atomic E-state index is -0.260. The summed E-state index contributed by atoms with van der Waals surface area (Å²) in [6.45, 7) is 8.77. The van der Waals surface area contributed by atoms with Crippen LogP contribution < -0.4 is 10.1 Å². The smallest absolute Gasteiger partial charge is 0.251 e. The molecule has 0 unspecified atom stereocenters. The number of rotatable bonds is 5. The van der Waals surface area contributed by atoms with Crippen molar-refractivity contribution in [2.45, 2.75) is 46.4 Å².